The van der Waals surface area contributed by atoms with E-state index in [9.17, 15) is 0 Å². The van der Waals surface area contributed by atoms with Crippen molar-refractivity contribution in [3.63, 3.8) is 0 Å². The van der Waals surface area contributed by atoms with Crippen molar-refractivity contribution in [1.29, 1.82) is 0 Å². The second-order valence-corrected chi connectivity index (χ2v) is 10.2. The molecule has 7 aromatic carbocycles. The van der Waals surface area contributed by atoms with Crippen molar-refractivity contribution in [2.45, 2.75) is 0 Å². The monoisotopic (exact) mass is 511 g/mol. The second-order valence-electron chi connectivity index (χ2n) is 10.2. The van der Waals surface area contributed by atoms with E-state index in [4.69, 9.17) is 4.42 Å². The summed E-state index contributed by atoms with van der Waals surface area (Å²) >= 11 is 0. The number of para-hydroxylation sites is 2. The second kappa shape index (κ2) is 9.14. The van der Waals surface area contributed by atoms with Crippen LogP contribution in [0, 0.1) is 0 Å². The maximum atomic E-state index is 6.29. The molecule has 8 aromatic rings. The molecule has 188 valence electrons. The van der Waals surface area contributed by atoms with Gasteiger partial charge in [-0.05, 0) is 75.8 Å². The number of nitrogens with zero attached hydrogens (tertiary/aromatic N) is 1. The van der Waals surface area contributed by atoms with Crippen molar-refractivity contribution in [3.05, 3.63) is 152 Å². The van der Waals surface area contributed by atoms with Gasteiger partial charge < -0.3 is 9.32 Å². The molecule has 0 N–H and O–H groups in total. The van der Waals surface area contributed by atoms with E-state index in [-0.39, 0.29) is 0 Å². The van der Waals surface area contributed by atoms with Gasteiger partial charge in [0.15, 0.2) is 0 Å². The molecule has 0 amide bonds. The average Bonchev–Trinajstić information content (AvgIpc) is 3.38. The van der Waals surface area contributed by atoms with Crippen molar-refractivity contribution in [2.24, 2.45) is 0 Å². The molecule has 0 radical (unpaired) electrons. The molecule has 0 saturated heterocycles. The highest BCUT2D eigenvalue weighted by molar-refractivity contribution is 6.13. The Morgan fingerprint density at radius 2 is 1.07 bits per heavy atom. The molecule has 0 saturated carbocycles. The van der Waals surface area contributed by atoms with Crippen LogP contribution in [0.25, 0.3) is 54.6 Å². The fourth-order valence-corrected chi connectivity index (χ4v) is 5.95. The van der Waals surface area contributed by atoms with Crippen molar-refractivity contribution < 1.29 is 4.42 Å². The van der Waals surface area contributed by atoms with Gasteiger partial charge in [-0.1, -0.05) is 103 Å². The summed E-state index contributed by atoms with van der Waals surface area (Å²) in [4.78, 5) is 2.34. The summed E-state index contributed by atoms with van der Waals surface area (Å²) < 4.78 is 6.29. The first-order valence-corrected chi connectivity index (χ1v) is 13.6. The third-order valence-electron chi connectivity index (χ3n) is 7.84. The molecule has 1 heterocycles. The lowest BCUT2D eigenvalue weighted by Crippen LogP contribution is -2.10. The summed E-state index contributed by atoms with van der Waals surface area (Å²) in [6.45, 7) is 0. The van der Waals surface area contributed by atoms with Crippen molar-refractivity contribution in [2.75, 3.05) is 4.90 Å². The molecule has 0 fully saturated rings. The molecular formula is C38H25NO. The van der Waals surface area contributed by atoms with Crippen LogP contribution in [0.4, 0.5) is 17.1 Å². The van der Waals surface area contributed by atoms with E-state index in [0.717, 1.165) is 44.4 Å². The summed E-state index contributed by atoms with van der Waals surface area (Å²) in [5, 5.41) is 7.14. The van der Waals surface area contributed by atoms with E-state index < -0.39 is 0 Å². The minimum atomic E-state index is 0.903. The SMILES string of the molecule is c1ccc(N(c2ccc(-c3cccc4ccccc34)cc2)c2cccc3cc4c(cc23)oc2ccccc24)cc1. The van der Waals surface area contributed by atoms with Crippen molar-refractivity contribution in [3.8, 4) is 11.1 Å². The third kappa shape index (κ3) is 3.65. The van der Waals surface area contributed by atoms with Crippen LogP contribution < -0.4 is 4.90 Å². The van der Waals surface area contributed by atoms with E-state index in [1.165, 1.54) is 27.3 Å². The molecule has 1 aromatic heterocycles. The normalized spacial score (nSPS) is 11.5. The number of hydrogen-bond acceptors (Lipinski definition) is 2. The first kappa shape index (κ1) is 22.6. The van der Waals surface area contributed by atoms with Gasteiger partial charge in [-0.3, -0.25) is 0 Å². The molecule has 0 unspecified atom stereocenters. The Labute approximate surface area is 232 Å². The van der Waals surface area contributed by atoms with Gasteiger partial charge in [-0.15, -0.1) is 0 Å². The van der Waals surface area contributed by atoms with Crippen molar-refractivity contribution in [1.82, 2.24) is 0 Å². The van der Waals surface area contributed by atoms with Gasteiger partial charge in [0.2, 0.25) is 0 Å². The Balaban J connectivity index is 1.31. The van der Waals surface area contributed by atoms with Gasteiger partial charge in [-0.25, -0.2) is 0 Å². The largest absolute Gasteiger partial charge is 0.456 e. The van der Waals surface area contributed by atoms with E-state index >= 15 is 0 Å². The lowest BCUT2D eigenvalue weighted by Gasteiger charge is -2.27. The molecule has 0 spiro atoms. The van der Waals surface area contributed by atoms with Gasteiger partial charge in [-0.2, -0.15) is 0 Å². The van der Waals surface area contributed by atoms with Crippen molar-refractivity contribution >= 4 is 60.5 Å². The van der Waals surface area contributed by atoms with Crippen LogP contribution in [0.2, 0.25) is 0 Å². The van der Waals surface area contributed by atoms with Crippen LogP contribution in [-0.2, 0) is 0 Å². The summed E-state index contributed by atoms with van der Waals surface area (Å²) in [6.07, 6.45) is 0. The standard InChI is InChI=1S/C38H25NO/c1-2-13-29(14-3-1)39(30-22-20-27(21-23-30)32-17-8-11-26-10-4-5-15-31(26)32)36-18-9-12-28-24-35-33-16-6-7-19-37(33)40-38(35)25-34(28)36/h1-25H. The molecule has 0 aliphatic carbocycles. The zero-order chi connectivity index (χ0) is 26.5. The predicted octanol–water partition coefficient (Wildman–Crippen LogP) is 11.0. The Hall–Kier alpha value is -5.34. The zero-order valence-corrected chi connectivity index (χ0v) is 21.8. The van der Waals surface area contributed by atoms with Crippen LogP contribution in [0.15, 0.2) is 156 Å². The molecule has 0 aliphatic heterocycles. The first-order valence-electron chi connectivity index (χ1n) is 13.6. The summed E-state index contributed by atoms with van der Waals surface area (Å²) in [5.41, 5.74) is 7.59. The van der Waals surface area contributed by atoms with Gasteiger partial charge in [0, 0.05) is 27.5 Å². The lowest BCUT2D eigenvalue weighted by molar-refractivity contribution is 0.669. The molecule has 0 atom stereocenters. The maximum absolute atomic E-state index is 6.29. The van der Waals surface area contributed by atoms with Crippen LogP contribution in [0.3, 0.4) is 0 Å². The smallest absolute Gasteiger partial charge is 0.136 e. The molecule has 2 nitrogen and oxygen atoms in total. The Bertz CT molecular complexity index is 2150. The minimum absolute atomic E-state index is 0.903. The molecule has 0 aliphatic rings. The third-order valence-corrected chi connectivity index (χ3v) is 7.84. The Morgan fingerprint density at radius 1 is 0.400 bits per heavy atom. The van der Waals surface area contributed by atoms with Crippen LogP contribution in [-0.4, -0.2) is 0 Å². The number of rotatable bonds is 4. The quantitative estimate of drug-likeness (QED) is 0.234. The van der Waals surface area contributed by atoms with E-state index in [1.807, 2.05) is 12.1 Å². The van der Waals surface area contributed by atoms with Crippen LogP contribution in [0.1, 0.15) is 0 Å². The van der Waals surface area contributed by atoms with E-state index in [0.29, 0.717) is 0 Å². The summed E-state index contributed by atoms with van der Waals surface area (Å²) in [7, 11) is 0. The molecule has 2 heteroatoms. The Morgan fingerprint density at radius 3 is 1.95 bits per heavy atom. The highest BCUT2D eigenvalue weighted by Crippen LogP contribution is 2.42. The highest BCUT2D eigenvalue weighted by Gasteiger charge is 2.17. The first-order chi connectivity index (χ1) is 19.8. The van der Waals surface area contributed by atoms with Gasteiger partial charge >= 0.3 is 0 Å². The van der Waals surface area contributed by atoms with Gasteiger partial charge in [0.1, 0.15) is 11.2 Å². The fraction of sp³-hybridized carbons (Fsp3) is 0. The highest BCUT2D eigenvalue weighted by atomic mass is 16.3. The molecule has 40 heavy (non-hydrogen) atoms. The molecular weight excluding hydrogens is 486 g/mol. The molecule has 0 bridgehead atoms. The summed E-state index contributed by atoms with van der Waals surface area (Å²) in [6, 6.07) is 53.8. The van der Waals surface area contributed by atoms with Gasteiger partial charge in [0.25, 0.3) is 0 Å². The predicted molar refractivity (Wildman–Crippen MR) is 169 cm³/mol. The maximum Gasteiger partial charge on any atom is 0.136 e. The molecule has 8 rings (SSSR count). The van der Waals surface area contributed by atoms with E-state index in [1.54, 1.807) is 0 Å². The number of hydrogen-bond donors (Lipinski definition) is 0. The zero-order valence-electron chi connectivity index (χ0n) is 21.8. The number of benzene rings is 7. The summed E-state index contributed by atoms with van der Waals surface area (Å²) in [5.74, 6) is 0. The van der Waals surface area contributed by atoms with Crippen LogP contribution in [0.5, 0.6) is 0 Å². The minimum Gasteiger partial charge on any atom is -0.456 e. The fourth-order valence-electron chi connectivity index (χ4n) is 5.95. The Kier molecular flexibility index (Phi) is 5.17. The van der Waals surface area contributed by atoms with Crippen LogP contribution >= 0.6 is 0 Å². The lowest BCUT2D eigenvalue weighted by atomic mass is 9.98. The van der Waals surface area contributed by atoms with E-state index in [2.05, 4.69) is 144 Å². The topological polar surface area (TPSA) is 16.4 Å². The number of anilines is 3. The van der Waals surface area contributed by atoms with Gasteiger partial charge in [0.05, 0.1) is 5.69 Å². The number of furan rings is 1. The number of fused-ring (bicyclic) bond motifs is 5. The average molecular weight is 512 g/mol.